The summed E-state index contributed by atoms with van der Waals surface area (Å²) in [6, 6.07) is 9.08. The van der Waals surface area contributed by atoms with Gasteiger partial charge in [-0.2, -0.15) is 0 Å². The van der Waals surface area contributed by atoms with Crippen LogP contribution in [-0.2, 0) is 4.79 Å². The Labute approximate surface area is 119 Å². The fourth-order valence-electron chi connectivity index (χ4n) is 2.86. The maximum atomic E-state index is 10.9. The Morgan fingerprint density at radius 1 is 1.47 bits per heavy atom. The van der Waals surface area contributed by atoms with Crippen molar-refractivity contribution in [1.29, 1.82) is 0 Å². The van der Waals surface area contributed by atoms with E-state index in [-0.39, 0.29) is 12.5 Å². The molecule has 104 valence electrons. The van der Waals surface area contributed by atoms with E-state index in [0.29, 0.717) is 6.04 Å². The van der Waals surface area contributed by atoms with Crippen molar-refractivity contribution in [1.82, 2.24) is 4.90 Å². The summed E-state index contributed by atoms with van der Waals surface area (Å²) in [6.07, 6.45) is 4.43. The molecule has 1 aromatic carbocycles. The van der Waals surface area contributed by atoms with Crippen LogP contribution >= 0.6 is 11.8 Å². The van der Waals surface area contributed by atoms with Gasteiger partial charge in [-0.05, 0) is 50.3 Å². The number of rotatable bonds is 5. The van der Waals surface area contributed by atoms with Crippen LogP contribution in [0, 0.1) is 0 Å². The molecule has 1 saturated heterocycles. The maximum Gasteiger partial charge on any atom is 0.304 e. The van der Waals surface area contributed by atoms with Crippen molar-refractivity contribution in [3.05, 3.63) is 29.8 Å². The Morgan fingerprint density at radius 3 is 2.74 bits per heavy atom. The van der Waals surface area contributed by atoms with Crippen LogP contribution < -0.4 is 0 Å². The second-order valence-corrected chi connectivity index (χ2v) is 5.96. The van der Waals surface area contributed by atoms with Crippen LogP contribution in [0.5, 0.6) is 0 Å². The molecule has 2 rings (SSSR count). The topological polar surface area (TPSA) is 40.5 Å². The normalized spacial score (nSPS) is 21.5. The number of aliphatic carboxylic acids is 1. The van der Waals surface area contributed by atoms with Gasteiger partial charge in [0.1, 0.15) is 0 Å². The number of carboxylic acids is 1. The zero-order valence-corrected chi connectivity index (χ0v) is 12.3. The smallest absolute Gasteiger partial charge is 0.304 e. The van der Waals surface area contributed by atoms with Crippen LogP contribution in [0.2, 0.25) is 0 Å². The van der Waals surface area contributed by atoms with Gasteiger partial charge in [0.25, 0.3) is 0 Å². The molecule has 0 radical (unpaired) electrons. The summed E-state index contributed by atoms with van der Waals surface area (Å²) in [5.74, 6) is -0.693. The molecule has 1 aliphatic rings. The molecule has 1 N–H and O–H groups in total. The molecule has 1 aromatic rings. The van der Waals surface area contributed by atoms with Crippen molar-refractivity contribution in [3.63, 3.8) is 0 Å². The van der Waals surface area contributed by atoms with Crippen molar-refractivity contribution in [3.8, 4) is 0 Å². The summed E-state index contributed by atoms with van der Waals surface area (Å²) in [7, 11) is 0. The lowest BCUT2D eigenvalue weighted by atomic mass is 10.0. The molecule has 19 heavy (non-hydrogen) atoms. The van der Waals surface area contributed by atoms with Gasteiger partial charge in [-0.25, -0.2) is 0 Å². The van der Waals surface area contributed by atoms with E-state index in [1.165, 1.54) is 10.5 Å². The molecule has 0 saturated carbocycles. The SMILES string of the molecule is CSc1ccc(C(C)N2CCCC2CC(=O)O)cc1. The molecule has 2 atom stereocenters. The largest absolute Gasteiger partial charge is 0.481 e. The molecule has 1 fully saturated rings. The average molecular weight is 279 g/mol. The van der Waals surface area contributed by atoms with Crippen molar-refractivity contribution in [2.75, 3.05) is 12.8 Å². The van der Waals surface area contributed by atoms with E-state index in [2.05, 4.69) is 42.3 Å². The lowest BCUT2D eigenvalue weighted by Crippen LogP contribution is -2.33. The van der Waals surface area contributed by atoms with Crippen LogP contribution in [0.1, 0.15) is 37.8 Å². The zero-order valence-electron chi connectivity index (χ0n) is 11.5. The molecular formula is C15H21NO2S. The third kappa shape index (κ3) is 3.51. The number of hydrogen-bond donors (Lipinski definition) is 1. The van der Waals surface area contributed by atoms with Gasteiger partial charge >= 0.3 is 5.97 Å². The molecule has 4 heteroatoms. The molecule has 0 aliphatic carbocycles. The lowest BCUT2D eigenvalue weighted by Gasteiger charge is -2.30. The quantitative estimate of drug-likeness (QED) is 0.839. The van der Waals surface area contributed by atoms with E-state index in [0.717, 1.165) is 19.4 Å². The standard InChI is InChI=1S/C15H21NO2S/c1-11(12-5-7-14(19-2)8-6-12)16-9-3-4-13(16)10-15(17)18/h5-8,11,13H,3-4,9-10H2,1-2H3,(H,17,18). The zero-order chi connectivity index (χ0) is 13.8. The molecule has 0 spiro atoms. The summed E-state index contributed by atoms with van der Waals surface area (Å²) in [6.45, 7) is 3.18. The first-order valence-corrected chi connectivity index (χ1v) is 7.95. The molecule has 3 nitrogen and oxygen atoms in total. The van der Waals surface area contributed by atoms with E-state index >= 15 is 0 Å². The minimum atomic E-state index is -0.693. The predicted octanol–water partition coefficient (Wildman–Crippen LogP) is 3.41. The number of likely N-dealkylation sites (tertiary alicyclic amines) is 1. The first-order chi connectivity index (χ1) is 9.11. The monoisotopic (exact) mass is 279 g/mol. The van der Waals surface area contributed by atoms with Crippen molar-refractivity contribution >= 4 is 17.7 Å². The second-order valence-electron chi connectivity index (χ2n) is 5.08. The number of carbonyl (C=O) groups is 1. The van der Waals surface area contributed by atoms with Crippen LogP contribution in [0.15, 0.2) is 29.2 Å². The summed E-state index contributed by atoms with van der Waals surface area (Å²) < 4.78 is 0. The van der Waals surface area contributed by atoms with E-state index in [4.69, 9.17) is 5.11 Å². The highest BCUT2D eigenvalue weighted by Gasteiger charge is 2.30. The molecule has 0 bridgehead atoms. The van der Waals surface area contributed by atoms with Gasteiger partial charge in [0.15, 0.2) is 0 Å². The Hall–Kier alpha value is -1.00. The van der Waals surface area contributed by atoms with Crippen LogP contribution in [0.3, 0.4) is 0 Å². The van der Waals surface area contributed by atoms with E-state index in [1.807, 2.05) is 0 Å². The number of benzene rings is 1. The highest BCUT2D eigenvalue weighted by atomic mass is 32.2. The Balaban J connectivity index is 2.08. The van der Waals surface area contributed by atoms with Gasteiger partial charge < -0.3 is 5.11 Å². The molecule has 1 aliphatic heterocycles. The van der Waals surface area contributed by atoms with Gasteiger partial charge in [0, 0.05) is 17.0 Å². The second kappa shape index (κ2) is 6.44. The molecule has 1 heterocycles. The highest BCUT2D eigenvalue weighted by Crippen LogP contribution is 2.31. The lowest BCUT2D eigenvalue weighted by molar-refractivity contribution is -0.138. The molecular weight excluding hydrogens is 258 g/mol. The van der Waals surface area contributed by atoms with Crippen LogP contribution in [-0.4, -0.2) is 34.8 Å². The Kier molecular flexibility index (Phi) is 4.88. The molecule has 0 amide bonds. The van der Waals surface area contributed by atoms with Crippen molar-refractivity contribution in [2.45, 2.75) is 43.2 Å². The van der Waals surface area contributed by atoms with E-state index < -0.39 is 5.97 Å². The molecule has 2 unspecified atom stereocenters. The third-order valence-corrected chi connectivity index (χ3v) is 4.67. The number of carboxylic acid groups (broad SMARTS) is 1. The maximum absolute atomic E-state index is 10.9. The number of thioether (sulfide) groups is 1. The molecule has 0 aromatic heterocycles. The van der Waals surface area contributed by atoms with E-state index in [1.54, 1.807) is 11.8 Å². The van der Waals surface area contributed by atoms with Gasteiger partial charge in [0.2, 0.25) is 0 Å². The Morgan fingerprint density at radius 2 is 2.16 bits per heavy atom. The summed E-state index contributed by atoms with van der Waals surface area (Å²) in [4.78, 5) is 14.5. The number of hydrogen-bond acceptors (Lipinski definition) is 3. The van der Waals surface area contributed by atoms with Gasteiger partial charge in [-0.3, -0.25) is 9.69 Å². The van der Waals surface area contributed by atoms with Crippen molar-refractivity contribution in [2.24, 2.45) is 0 Å². The summed E-state index contributed by atoms with van der Waals surface area (Å²) >= 11 is 1.74. The van der Waals surface area contributed by atoms with Gasteiger partial charge in [-0.15, -0.1) is 11.8 Å². The Bertz CT molecular complexity index is 432. The first kappa shape index (κ1) is 14.4. The first-order valence-electron chi connectivity index (χ1n) is 6.73. The van der Waals surface area contributed by atoms with E-state index in [9.17, 15) is 4.79 Å². The summed E-state index contributed by atoms with van der Waals surface area (Å²) in [5, 5.41) is 8.98. The highest BCUT2D eigenvalue weighted by molar-refractivity contribution is 7.98. The summed E-state index contributed by atoms with van der Waals surface area (Å²) in [5.41, 5.74) is 1.27. The average Bonchev–Trinajstić information content (AvgIpc) is 2.85. The van der Waals surface area contributed by atoms with Crippen LogP contribution in [0.4, 0.5) is 0 Å². The minimum absolute atomic E-state index is 0.188. The van der Waals surface area contributed by atoms with Crippen LogP contribution in [0.25, 0.3) is 0 Å². The number of nitrogens with zero attached hydrogens (tertiary/aromatic N) is 1. The minimum Gasteiger partial charge on any atom is -0.481 e. The van der Waals surface area contributed by atoms with Crippen molar-refractivity contribution < 1.29 is 9.90 Å². The fourth-order valence-corrected chi connectivity index (χ4v) is 3.27. The fraction of sp³-hybridized carbons (Fsp3) is 0.533. The third-order valence-electron chi connectivity index (χ3n) is 3.93. The van der Waals surface area contributed by atoms with Gasteiger partial charge in [0.05, 0.1) is 6.42 Å². The van der Waals surface area contributed by atoms with Gasteiger partial charge in [-0.1, -0.05) is 12.1 Å². The predicted molar refractivity (Wildman–Crippen MR) is 78.6 cm³/mol.